The van der Waals surface area contributed by atoms with Gasteiger partial charge in [-0.3, -0.25) is 4.79 Å². The molecule has 16 heavy (non-hydrogen) atoms. The maximum absolute atomic E-state index is 11.6. The van der Waals surface area contributed by atoms with Crippen LogP contribution < -0.4 is 11.1 Å². The highest BCUT2D eigenvalue weighted by Crippen LogP contribution is 2.22. The second-order valence-corrected chi connectivity index (χ2v) is 6.59. The third-order valence-electron chi connectivity index (χ3n) is 2.60. The van der Waals surface area contributed by atoms with Gasteiger partial charge in [-0.25, -0.2) is 8.42 Å². The Morgan fingerprint density at radius 2 is 2.31 bits per heavy atom. The fourth-order valence-electron chi connectivity index (χ4n) is 1.72. The van der Waals surface area contributed by atoms with Crippen molar-refractivity contribution in [1.82, 2.24) is 5.32 Å². The van der Waals surface area contributed by atoms with Crippen molar-refractivity contribution in [2.75, 3.05) is 11.5 Å². The van der Waals surface area contributed by atoms with E-state index in [1.807, 2.05) is 0 Å². The molecule has 0 radical (unpaired) electrons. The van der Waals surface area contributed by atoms with E-state index in [-0.39, 0.29) is 17.9 Å². The quantitative estimate of drug-likeness (QED) is 0.625. The summed E-state index contributed by atoms with van der Waals surface area (Å²) in [6, 6.07) is -0.773. The summed E-state index contributed by atoms with van der Waals surface area (Å²) in [6.45, 7) is 1.71. The molecule has 6 heteroatoms. The largest absolute Gasteiger partial charge is 0.349 e. The molecule has 1 heterocycles. The molecule has 0 aliphatic carbocycles. The van der Waals surface area contributed by atoms with Gasteiger partial charge in [0.1, 0.15) is 0 Å². The monoisotopic (exact) mass is 244 g/mol. The van der Waals surface area contributed by atoms with Crippen LogP contribution in [0.5, 0.6) is 0 Å². The third-order valence-corrected chi connectivity index (χ3v) is 4.51. The molecule has 1 amide bonds. The highest BCUT2D eigenvalue weighted by molar-refractivity contribution is 7.91. The highest BCUT2D eigenvalue weighted by Gasteiger charge is 2.39. The van der Waals surface area contributed by atoms with Gasteiger partial charge >= 0.3 is 0 Å². The molecule has 1 fully saturated rings. The molecule has 0 bridgehead atoms. The zero-order chi connectivity index (χ0) is 12.4. The lowest BCUT2D eigenvalue weighted by Gasteiger charge is -2.25. The van der Waals surface area contributed by atoms with Gasteiger partial charge in [-0.15, -0.1) is 12.3 Å². The zero-order valence-corrected chi connectivity index (χ0v) is 10.0. The zero-order valence-electron chi connectivity index (χ0n) is 9.19. The van der Waals surface area contributed by atoms with Gasteiger partial charge in [0.2, 0.25) is 5.91 Å². The Morgan fingerprint density at radius 1 is 1.69 bits per heavy atom. The van der Waals surface area contributed by atoms with E-state index in [0.29, 0.717) is 6.42 Å². The van der Waals surface area contributed by atoms with Crippen LogP contribution in [0.25, 0.3) is 0 Å². The summed E-state index contributed by atoms with van der Waals surface area (Å²) in [5.41, 5.74) is 4.82. The molecule has 1 aliphatic rings. The fourth-order valence-corrected chi connectivity index (χ4v) is 3.81. The highest BCUT2D eigenvalue weighted by atomic mass is 32.2. The first-order chi connectivity index (χ1) is 7.28. The summed E-state index contributed by atoms with van der Waals surface area (Å²) in [7, 11) is -3.03. The van der Waals surface area contributed by atoms with Crippen LogP contribution in [-0.2, 0) is 14.6 Å². The lowest BCUT2D eigenvalue weighted by Crippen LogP contribution is -2.52. The lowest BCUT2D eigenvalue weighted by atomic mass is 10.0. The molecular formula is C10H16N2O3S. The van der Waals surface area contributed by atoms with Gasteiger partial charge < -0.3 is 11.1 Å². The molecule has 1 rings (SSSR count). The molecule has 5 nitrogen and oxygen atoms in total. The average molecular weight is 244 g/mol. The molecule has 2 unspecified atom stereocenters. The van der Waals surface area contributed by atoms with Crippen LogP contribution in [0.4, 0.5) is 0 Å². The number of hydrogen-bond donors (Lipinski definition) is 2. The van der Waals surface area contributed by atoms with Crippen LogP contribution in [0, 0.1) is 12.3 Å². The third kappa shape index (κ3) is 3.22. The Labute approximate surface area is 95.7 Å². The molecular weight excluding hydrogens is 228 g/mol. The molecule has 1 aliphatic heterocycles. The van der Waals surface area contributed by atoms with Crippen LogP contribution in [0.15, 0.2) is 0 Å². The smallest absolute Gasteiger partial charge is 0.238 e. The van der Waals surface area contributed by atoms with E-state index < -0.39 is 27.3 Å². The minimum absolute atomic E-state index is 0.0332. The van der Waals surface area contributed by atoms with Crippen molar-refractivity contribution in [3.8, 4) is 12.3 Å². The molecule has 0 aromatic carbocycles. The number of rotatable bonds is 3. The standard InChI is InChI=1S/C10H16N2O3S/c1-3-4-8(11)9(13)12-10(2)5-6-16(14,15)7-10/h1,8H,4-7,11H2,2H3,(H,12,13). The number of carbonyl (C=O) groups excluding carboxylic acids is 1. The number of amides is 1. The summed E-state index contributed by atoms with van der Waals surface area (Å²) >= 11 is 0. The van der Waals surface area contributed by atoms with Crippen molar-refractivity contribution >= 4 is 15.7 Å². The minimum Gasteiger partial charge on any atom is -0.349 e. The molecule has 1 saturated heterocycles. The molecule has 90 valence electrons. The number of nitrogens with two attached hydrogens (primary N) is 1. The van der Waals surface area contributed by atoms with E-state index in [2.05, 4.69) is 11.2 Å². The normalized spacial score (nSPS) is 29.3. The molecule has 2 atom stereocenters. The number of carbonyl (C=O) groups is 1. The Bertz CT molecular complexity index is 424. The Morgan fingerprint density at radius 3 is 2.75 bits per heavy atom. The summed E-state index contributed by atoms with van der Waals surface area (Å²) in [6.07, 6.45) is 5.61. The Balaban J connectivity index is 2.62. The van der Waals surface area contributed by atoms with Crippen LogP contribution in [-0.4, -0.2) is 37.4 Å². The van der Waals surface area contributed by atoms with Crippen molar-refractivity contribution in [3.63, 3.8) is 0 Å². The van der Waals surface area contributed by atoms with E-state index in [0.717, 1.165) is 0 Å². The number of nitrogens with one attached hydrogen (secondary N) is 1. The maximum atomic E-state index is 11.6. The van der Waals surface area contributed by atoms with E-state index in [1.165, 1.54) is 0 Å². The van der Waals surface area contributed by atoms with Gasteiger partial charge in [0.05, 0.1) is 23.1 Å². The lowest BCUT2D eigenvalue weighted by molar-refractivity contribution is -0.123. The van der Waals surface area contributed by atoms with Crippen LogP contribution in [0.1, 0.15) is 19.8 Å². The van der Waals surface area contributed by atoms with Gasteiger partial charge in [-0.1, -0.05) is 0 Å². The summed E-state index contributed by atoms with van der Waals surface area (Å²) < 4.78 is 22.6. The molecule has 3 N–H and O–H groups in total. The van der Waals surface area contributed by atoms with Gasteiger partial charge in [0.15, 0.2) is 9.84 Å². The first-order valence-corrected chi connectivity index (χ1v) is 6.82. The Hall–Kier alpha value is -1.06. The van der Waals surface area contributed by atoms with E-state index in [4.69, 9.17) is 12.2 Å². The minimum atomic E-state index is -3.03. The predicted molar refractivity (Wildman–Crippen MR) is 61.2 cm³/mol. The van der Waals surface area contributed by atoms with Crippen molar-refractivity contribution in [2.24, 2.45) is 5.73 Å². The summed E-state index contributed by atoms with van der Waals surface area (Å²) in [5, 5.41) is 2.66. The van der Waals surface area contributed by atoms with Gasteiger partial charge in [0, 0.05) is 6.42 Å². The van der Waals surface area contributed by atoms with Crippen molar-refractivity contribution < 1.29 is 13.2 Å². The van der Waals surface area contributed by atoms with E-state index in [9.17, 15) is 13.2 Å². The van der Waals surface area contributed by atoms with Crippen molar-refractivity contribution in [1.29, 1.82) is 0 Å². The van der Waals surface area contributed by atoms with Crippen LogP contribution in [0.2, 0.25) is 0 Å². The van der Waals surface area contributed by atoms with Crippen molar-refractivity contribution in [3.05, 3.63) is 0 Å². The SMILES string of the molecule is C#CCC(N)C(=O)NC1(C)CCS(=O)(=O)C1. The molecule has 0 aromatic heterocycles. The van der Waals surface area contributed by atoms with Crippen LogP contribution in [0.3, 0.4) is 0 Å². The summed E-state index contributed by atoms with van der Waals surface area (Å²) in [5.74, 6) is 1.98. The first-order valence-electron chi connectivity index (χ1n) is 4.99. The summed E-state index contributed by atoms with van der Waals surface area (Å²) in [4.78, 5) is 11.6. The van der Waals surface area contributed by atoms with Gasteiger partial charge in [-0.2, -0.15) is 0 Å². The fraction of sp³-hybridized carbons (Fsp3) is 0.700. The van der Waals surface area contributed by atoms with E-state index >= 15 is 0 Å². The Kier molecular flexibility index (Phi) is 3.61. The molecule has 0 aromatic rings. The average Bonchev–Trinajstić information content (AvgIpc) is 2.40. The van der Waals surface area contributed by atoms with Crippen molar-refractivity contribution in [2.45, 2.75) is 31.3 Å². The van der Waals surface area contributed by atoms with E-state index in [1.54, 1.807) is 6.92 Å². The van der Waals surface area contributed by atoms with Crippen LogP contribution >= 0.6 is 0 Å². The molecule has 0 saturated carbocycles. The number of terminal acetylenes is 1. The molecule has 0 spiro atoms. The first kappa shape index (κ1) is 13.0. The predicted octanol–water partition coefficient (Wildman–Crippen LogP) is -0.970. The maximum Gasteiger partial charge on any atom is 0.238 e. The number of sulfone groups is 1. The topological polar surface area (TPSA) is 89.3 Å². The van der Waals surface area contributed by atoms with Gasteiger partial charge in [-0.05, 0) is 13.3 Å². The second-order valence-electron chi connectivity index (χ2n) is 4.41. The second kappa shape index (κ2) is 4.44. The number of hydrogen-bond acceptors (Lipinski definition) is 4. The van der Waals surface area contributed by atoms with Gasteiger partial charge in [0.25, 0.3) is 0 Å².